The standard InChI is InChI=1S/C30H37F4N7O3/c1-16-12-40(7-6-38(16)4)23-9-22(31)25(19-10-35-30(36-11-19)41-13-17(2)44-18(3)14-41)26(32)27(23)37-29(43)21-15-39(5)24(42)8-20(21)28(33)34/h8-11,16-18,21,28H,6-7,12-15H2,1-5H3,(H,37,43)/t16-,17-,18+,21?/m0/s1. The molecule has 0 bridgehead atoms. The lowest BCUT2D eigenvalue weighted by Gasteiger charge is -2.40. The molecule has 0 aliphatic carbocycles. The molecule has 10 nitrogen and oxygen atoms in total. The molecule has 4 atom stereocenters. The number of aromatic nitrogens is 2. The zero-order valence-electron chi connectivity index (χ0n) is 25.4. The lowest BCUT2D eigenvalue weighted by Crippen LogP contribution is -2.50. The van der Waals surface area contributed by atoms with Gasteiger partial charge in [0.25, 0.3) is 6.43 Å². The number of carbonyl (C=O) groups is 2. The maximum Gasteiger partial charge on any atom is 0.261 e. The first-order chi connectivity index (χ1) is 20.8. The molecule has 1 N–H and O–H groups in total. The Balaban J connectivity index is 1.53. The number of carbonyl (C=O) groups excluding carboxylic acids is 2. The topological polar surface area (TPSA) is 94.1 Å². The van der Waals surface area contributed by atoms with Gasteiger partial charge in [-0.25, -0.2) is 27.5 Å². The van der Waals surface area contributed by atoms with Crippen LogP contribution in [-0.2, 0) is 14.3 Å². The van der Waals surface area contributed by atoms with Crippen molar-refractivity contribution in [3.63, 3.8) is 0 Å². The Morgan fingerprint density at radius 2 is 1.66 bits per heavy atom. The van der Waals surface area contributed by atoms with Gasteiger partial charge in [0.1, 0.15) is 11.5 Å². The van der Waals surface area contributed by atoms with Crippen molar-refractivity contribution >= 4 is 29.1 Å². The van der Waals surface area contributed by atoms with Crippen LogP contribution < -0.4 is 15.1 Å². The Morgan fingerprint density at radius 3 is 2.27 bits per heavy atom. The molecule has 1 aromatic heterocycles. The number of hydrogen-bond acceptors (Lipinski definition) is 8. The third kappa shape index (κ3) is 6.36. The van der Waals surface area contributed by atoms with Gasteiger partial charge in [-0.3, -0.25) is 9.59 Å². The van der Waals surface area contributed by atoms with Crippen molar-refractivity contribution in [2.75, 3.05) is 68.5 Å². The second-order valence-electron chi connectivity index (χ2n) is 11.9. The van der Waals surface area contributed by atoms with Gasteiger partial charge < -0.3 is 29.7 Å². The first kappa shape index (κ1) is 31.6. The van der Waals surface area contributed by atoms with E-state index in [0.717, 1.165) is 17.0 Å². The Hall–Kier alpha value is -3.78. The molecule has 2 aromatic rings. The van der Waals surface area contributed by atoms with Crippen LogP contribution in [0.3, 0.4) is 0 Å². The Labute approximate surface area is 253 Å². The minimum atomic E-state index is -3.07. The fraction of sp³-hybridized carbons (Fsp3) is 0.533. The number of amides is 2. The van der Waals surface area contributed by atoms with Crippen LogP contribution in [0.25, 0.3) is 11.1 Å². The number of halogens is 4. The zero-order valence-corrected chi connectivity index (χ0v) is 25.4. The van der Waals surface area contributed by atoms with Crippen molar-refractivity contribution in [1.82, 2.24) is 19.8 Å². The molecule has 44 heavy (non-hydrogen) atoms. The molecule has 0 radical (unpaired) electrons. The molecule has 3 aliphatic heterocycles. The van der Waals surface area contributed by atoms with E-state index in [0.29, 0.717) is 38.7 Å². The van der Waals surface area contributed by atoms with Gasteiger partial charge in [-0.05, 0) is 27.8 Å². The van der Waals surface area contributed by atoms with Gasteiger partial charge in [0, 0.05) is 88.0 Å². The predicted molar refractivity (Wildman–Crippen MR) is 158 cm³/mol. The van der Waals surface area contributed by atoms with Crippen LogP contribution >= 0.6 is 0 Å². The molecule has 2 saturated heterocycles. The number of alkyl halides is 2. The van der Waals surface area contributed by atoms with Gasteiger partial charge in [0.2, 0.25) is 17.8 Å². The number of anilines is 3. The van der Waals surface area contributed by atoms with E-state index in [-0.39, 0.29) is 41.7 Å². The maximum absolute atomic E-state index is 16.5. The SMILES string of the molecule is C[C@@H]1CN(c2ncc(-c3c(F)cc(N4CCN(C)[C@@H](C)C4)c(NC(=O)C4CN(C)C(=O)C=C4C(F)F)c3F)cn2)C[C@H](C)O1. The minimum absolute atomic E-state index is 0.0380. The van der Waals surface area contributed by atoms with E-state index in [1.807, 2.05) is 32.7 Å². The number of hydrogen-bond donors (Lipinski definition) is 1. The van der Waals surface area contributed by atoms with E-state index in [2.05, 4.69) is 20.2 Å². The molecule has 0 saturated carbocycles. The lowest BCUT2D eigenvalue weighted by atomic mass is 9.93. The summed E-state index contributed by atoms with van der Waals surface area (Å²) < 4.78 is 65.8. The van der Waals surface area contributed by atoms with E-state index >= 15 is 8.78 Å². The van der Waals surface area contributed by atoms with Gasteiger partial charge in [0.15, 0.2) is 5.82 Å². The molecule has 3 aliphatic rings. The fourth-order valence-corrected chi connectivity index (χ4v) is 5.94. The van der Waals surface area contributed by atoms with Crippen LogP contribution in [0.5, 0.6) is 0 Å². The van der Waals surface area contributed by atoms with Gasteiger partial charge in [-0.1, -0.05) is 0 Å². The number of piperazine rings is 1. The highest BCUT2D eigenvalue weighted by Crippen LogP contribution is 2.39. The summed E-state index contributed by atoms with van der Waals surface area (Å²) in [7, 11) is 3.33. The molecule has 1 aromatic carbocycles. The van der Waals surface area contributed by atoms with E-state index in [9.17, 15) is 18.4 Å². The number of likely N-dealkylation sites (N-methyl/N-ethyl adjacent to an activating group) is 2. The number of benzene rings is 1. The molecule has 4 heterocycles. The maximum atomic E-state index is 16.5. The third-order valence-corrected chi connectivity index (χ3v) is 8.47. The van der Waals surface area contributed by atoms with Crippen molar-refractivity contribution in [3.8, 4) is 11.1 Å². The van der Waals surface area contributed by atoms with Gasteiger partial charge in [-0.15, -0.1) is 0 Å². The summed E-state index contributed by atoms with van der Waals surface area (Å²) in [5.74, 6) is -4.59. The average Bonchev–Trinajstić information content (AvgIpc) is 2.96. The quantitative estimate of drug-likeness (QED) is 0.492. The van der Waals surface area contributed by atoms with Gasteiger partial charge in [0.05, 0.1) is 29.4 Å². The molecule has 14 heteroatoms. The number of nitrogens with zero attached hydrogens (tertiary/aromatic N) is 6. The van der Waals surface area contributed by atoms with Crippen LogP contribution in [0.1, 0.15) is 20.8 Å². The number of ether oxygens (including phenoxy) is 1. The van der Waals surface area contributed by atoms with Gasteiger partial charge in [-0.2, -0.15) is 0 Å². The summed E-state index contributed by atoms with van der Waals surface area (Å²) in [6.45, 7) is 8.05. The summed E-state index contributed by atoms with van der Waals surface area (Å²) in [6.07, 6.45) is 0.214. The second kappa shape index (κ2) is 12.7. The first-order valence-electron chi connectivity index (χ1n) is 14.6. The van der Waals surface area contributed by atoms with E-state index in [4.69, 9.17) is 4.74 Å². The van der Waals surface area contributed by atoms with Crippen LogP contribution in [0.4, 0.5) is 34.9 Å². The van der Waals surface area contributed by atoms with Crippen molar-refractivity contribution in [1.29, 1.82) is 0 Å². The van der Waals surface area contributed by atoms with Gasteiger partial charge >= 0.3 is 0 Å². The van der Waals surface area contributed by atoms with E-state index in [1.165, 1.54) is 19.4 Å². The molecular formula is C30H37F4N7O3. The van der Waals surface area contributed by atoms with Crippen LogP contribution in [0, 0.1) is 17.6 Å². The lowest BCUT2D eigenvalue weighted by molar-refractivity contribution is -0.128. The van der Waals surface area contributed by atoms with Crippen molar-refractivity contribution in [2.45, 2.75) is 45.4 Å². The zero-order chi connectivity index (χ0) is 31.9. The van der Waals surface area contributed by atoms with Crippen LogP contribution in [0.15, 0.2) is 30.1 Å². The monoisotopic (exact) mass is 619 g/mol. The Bertz CT molecular complexity index is 1430. The fourth-order valence-electron chi connectivity index (χ4n) is 5.94. The van der Waals surface area contributed by atoms with E-state index < -0.39 is 46.9 Å². The smallest absolute Gasteiger partial charge is 0.261 e. The number of nitrogens with one attached hydrogen (secondary N) is 1. The Kier molecular flexibility index (Phi) is 9.12. The summed E-state index contributed by atoms with van der Waals surface area (Å²) in [5, 5.41) is 2.49. The minimum Gasteiger partial charge on any atom is -0.372 e. The molecule has 2 amide bonds. The van der Waals surface area contributed by atoms with Crippen LogP contribution in [0.2, 0.25) is 0 Å². The largest absolute Gasteiger partial charge is 0.372 e. The van der Waals surface area contributed by atoms with Crippen molar-refractivity contribution in [2.24, 2.45) is 5.92 Å². The molecule has 2 fully saturated rings. The molecule has 5 rings (SSSR count). The normalized spacial score (nSPS) is 25.0. The molecular weight excluding hydrogens is 582 g/mol. The highest BCUT2D eigenvalue weighted by Gasteiger charge is 2.37. The number of rotatable bonds is 6. The first-order valence-corrected chi connectivity index (χ1v) is 14.6. The van der Waals surface area contributed by atoms with Crippen molar-refractivity contribution < 1.29 is 31.9 Å². The Morgan fingerprint density at radius 1 is 1.00 bits per heavy atom. The summed E-state index contributed by atoms with van der Waals surface area (Å²) in [5.41, 5.74) is -1.31. The second-order valence-corrected chi connectivity index (χ2v) is 11.9. The molecule has 238 valence electrons. The summed E-state index contributed by atoms with van der Waals surface area (Å²) in [6, 6.07) is 1.18. The molecule has 0 spiro atoms. The summed E-state index contributed by atoms with van der Waals surface area (Å²) in [4.78, 5) is 41.2. The highest BCUT2D eigenvalue weighted by molar-refractivity contribution is 6.01. The van der Waals surface area contributed by atoms with Crippen molar-refractivity contribution in [3.05, 3.63) is 41.7 Å². The predicted octanol–water partition coefficient (Wildman–Crippen LogP) is 3.39. The van der Waals surface area contributed by atoms with Crippen LogP contribution in [-0.4, -0.2) is 110 Å². The number of morpholine rings is 1. The summed E-state index contributed by atoms with van der Waals surface area (Å²) >= 11 is 0. The highest BCUT2D eigenvalue weighted by atomic mass is 19.3. The third-order valence-electron chi connectivity index (χ3n) is 8.47. The average molecular weight is 620 g/mol. The molecule has 1 unspecified atom stereocenters. The van der Waals surface area contributed by atoms with E-state index in [1.54, 1.807) is 4.90 Å².